The van der Waals surface area contributed by atoms with Gasteiger partial charge in [-0.1, -0.05) is 42.5 Å². The zero-order valence-electron chi connectivity index (χ0n) is 16.3. The van der Waals surface area contributed by atoms with Crippen molar-refractivity contribution in [1.82, 2.24) is 20.2 Å². The van der Waals surface area contributed by atoms with E-state index in [1.54, 1.807) is 12.4 Å². The first-order valence-corrected chi connectivity index (χ1v) is 9.79. The number of hydrogen-bond acceptors (Lipinski definition) is 4. The largest absolute Gasteiger partial charge is 0.356 e. The number of anilines is 1. The quantitative estimate of drug-likeness (QED) is 0.562. The number of benzene rings is 2. The van der Waals surface area contributed by atoms with E-state index in [9.17, 15) is 0 Å². The Labute approximate surface area is 165 Å². The van der Waals surface area contributed by atoms with Crippen LogP contribution in [0.25, 0.3) is 10.8 Å². The van der Waals surface area contributed by atoms with E-state index in [1.165, 1.54) is 16.3 Å². The van der Waals surface area contributed by atoms with Gasteiger partial charge in [0, 0.05) is 52.2 Å². The standard InChI is InChI=1S/C22H26N6/c1-23-21(27-13-15-28(16-14-27)22-24-10-4-11-25-22)26-12-9-18-7-8-19-5-2-3-6-20(19)17-18/h2-8,10-11,17H,9,12-16H2,1H3,(H,23,26). The normalized spacial score (nSPS) is 15.1. The summed E-state index contributed by atoms with van der Waals surface area (Å²) in [6, 6.07) is 17.0. The van der Waals surface area contributed by atoms with E-state index in [0.717, 1.165) is 51.1 Å². The van der Waals surface area contributed by atoms with E-state index in [0.29, 0.717) is 0 Å². The summed E-state index contributed by atoms with van der Waals surface area (Å²) in [5, 5.41) is 6.10. The molecule has 6 heteroatoms. The van der Waals surface area contributed by atoms with Crippen LogP contribution in [0.3, 0.4) is 0 Å². The minimum Gasteiger partial charge on any atom is -0.356 e. The molecule has 0 amide bonds. The van der Waals surface area contributed by atoms with Crippen molar-refractivity contribution < 1.29 is 0 Å². The summed E-state index contributed by atoms with van der Waals surface area (Å²) in [7, 11) is 1.85. The van der Waals surface area contributed by atoms with Crippen molar-refractivity contribution >= 4 is 22.7 Å². The van der Waals surface area contributed by atoms with Crippen LogP contribution in [0.5, 0.6) is 0 Å². The summed E-state index contributed by atoms with van der Waals surface area (Å²) in [5.74, 6) is 1.77. The third kappa shape index (κ3) is 4.22. The Morgan fingerprint density at radius 2 is 1.71 bits per heavy atom. The van der Waals surface area contributed by atoms with Crippen molar-refractivity contribution in [2.24, 2.45) is 4.99 Å². The molecule has 2 aromatic carbocycles. The first kappa shape index (κ1) is 18.2. The molecule has 1 fully saturated rings. The number of piperazine rings is 1. The van der Waals surface area contributed by atoms with Crippen LogP contribution >= 0.6 is 0 Å². The van der Waals surface area contributed by atoms with Crippen molar-refractivity contribution in [3.05, 3.63) is 66.5 Å². The van der Waals surface area contributed by atoms with Crippen molar-refractivity contribution in [2.75, 3.05) is 44.7 Å². The Hall–Kier alpha value is -3.15. The van der Waals surface area contributed by atoms with Gasteiger partial charge in [0.1, 0.15) is 0 Å². The fourth-order valence-electron chi connectivity index (χ4n) is 3.62. The Kier molecular flexibility index (Phi) is 5.66. The van der Waals surface area contributed by atoms with Gasteiger partial charge in [-0.05, 0) is 28.8 Å². The Morgan fingerprint density at radius 3 is 2.46 bits per heavy atom. The van der Waals surface area contributed by atoms with Gasteiger partial charge in [-0.3, -0.25) is 4.99 Å². The van der Waals surface area contributed by atoms with Crippen LogP contribution in [0.4, 0.5) is 5.95 Å². The monoisotopic (exact) mass is 374 g/mol. The molecular weight excluding hydrogens is 348 g/mol. The van der Waals surface area contributed by atoms with E-state index >= 15 is 0 Å². The number of rotatable bonds is 4. The molecule has 28 heavy (non-hydrogen) atoms. The van der Waals surface area contributed by atoms with Crippen LogP contribution in [0, 0.1) is 0 Å². The average molecular weight is 374 g/mol. The summed E-state index contributed by atoms with van der Waals surface area (Å²) in [5.41, 5.74) is 1.34. The second-order valence-electron chi connectivity index (χ2n) is 6.93. The highest BCUT2D eigenvalue weighted by Crippen LogP contribution is 2.16. The maximum Gasteiger partial charge on any atom is 0.225 e. The average Bonchev–Trinajstić information content (AvgIpc) is 2.77. The third-order valence-corrected chi connectivity index (χ3v) is 5.14. The predicted octanol–water partition coefficient (Wildman–Crippen LogP) is 2.57. The number of aliphatic imine (C=N–C) groups is 1. The number of nitrogens with one attached hydrogen (secondary N) is 1. The van der Waals surface area contributed by atoms with Crippen molar-refractivity contribution in [2.45, 2.75) is 6.42 Å². The van der Waals surface area contributed by atoms with Crippen molar-refractivity contribution in [3.63, 3.8) is 0 Å². The van der Waals surface area contributed by atoms with Crippen LogP contribution in [0.2, 0.25) is 0 Å². The van der Waals surface area contributed by atoms with Crippen LogP contribution in [-0.4, -0.2) is 60.6 Å². The highest BCUT2D eigenvalue weighted by atomic mass is 15.4. The first-order valence-electron chi connectivity index (χ1n) is 9.79. The number of hydrogen-bond donors (Lipinski definition) is 1. The molecular formula is C22H26N6. The molecule has 4 rings (SSSR count). The summed E-state index contributed by atoms with van der Waals surface area (Å²) in [6.07, 6.45) is 4.56. The molecule has 1 aliphatic heterocycles. The molecule has 3 aromatic rings. The topological polar surface area (TPSA) is 56.7 Å². The molecule has 6 nitrogen and oxygen atoms in total. The number of fused-ring (bicyclic) bond motifs is 1. The molecule has 2 heterocycles. The molecule has 0 aliphatic carbocycles. The van der Waals surface area contributed by atoms with Gasteiger partial charge in [0.15, 0.2) is 5.96 Å². The van der Waals surface area contributed by atoms with E-state index < -0.39 is 0 Å². The summed E-state index contributed by atoms with van der Waals surface area (Å²) < 4.78 is 0. The van der Waals surface area contributed by atoms with Crippen LogP contribution in [0.15, 0.2) is 65.9 Å². The summed E-state index contributed by atoms with van der Waals surface area (Å²) in [4.78, 5) is 17.7. The smallest absolute Gasteiger partial charge is 0.225 e. The van der Waals surface area contributed by atoms with Crippen LogP contribution < -0.4 is 10.2 Å². The lowest BCUT2D eigenvalue weighted by Gasteiger charge is -2.36. The lowest BCUT2D eigenvalue weighted by Crippen LogP contribution is -2.53. The Balaban J connectivity index is 1.29. The minimum absolute atomic E-state index is 0.807. The molecule has 0 spiro atoms. The molecule has 0 bridgehead atoms. The second kappa shape index (κ2) is 8.69. The van der Waals surface area contributed by atoms with Gasteiger partial charge < -0.3 is 15.1 Å². The van der Waals surface area contributed by atoms with Gasteiger partial charge in [-0.2, -0.15) is 0 Å². The molecule has 0 atom stereocenters. The van der Waals surface area contributed by atoms with E-state index in [4.69, 9.17) is 0 Å². The number of nitrogens with zero attached hydrogens (tertiary/aromatic N) is 5. The lowest BCUT2D eigenvalue weighted by molar-refractivity contribution is 0.370. The Bertz CT molecular complexity index is 932. The first-order chi connectivity index (χ1) is 13.8. The zero-order valence-corrected chi connectivity index (χ0v) is 16.3. The van der Waals surface area contributed by atoms with Gasteiger partial charge >= 0.3 is 0 Å². The van der Waals surface area contributed by atoms with Gasteiger partial charge in [-0.15, -0.1) is 0 Å². The minimum atomic E-state index is 0.807. The van der Waals surface area contributed by atoms with Crippen molar-refractivity contribution in [1.29, 1.82) is 0 Å². The molecule has 1 saturated heterocycles. The molecule has 1 aromatic heterocycles. The predicted molar refractivity (Wildman–Crippen MR) is 115 cm³/mol. The Morgan fingerprint density at radius 1 is 0.964 bits per heavy atom. The van der Waals surface area contributed by atoms with E-state index in [-0.39, 0.29) is 0 Å². The fraction of sp³-hybridized carbons (Fsp3) is 0.318. The highest BCUT2D eigenvalue weighted by Gasteiger charge is 2.20. The molecule has 0 saturated carbocycles. The maximum absolute atomic E-state index is 4.47. The van der Waals surface area contributed by atoms with Crippen LogP contribution in [-0.2, 0) is 6.42 Å². The molecule has 0 radical (unpaired) electrons. The summed E-state index contributed by atoms with van der Waals surface area (Å²) >= 11 is 0. The molecule has 144 valence electrons. The summed E-state index contributed by atoms with van der Waals surface area (Å²) in [6.45, 7) is 4.49. The SMILES string of the molecule is CN=C(NCCc1ccc2ccccc2c1)N1CCN(c2ncccn2)CC1. The maximum atomic E-state index is 4.47. The molecule has 1 N–H and O–H groups in total. The third-order valence-electron chi connectivity index (χ3n) is 5.14. The van der Waals surface area contributed by atoms with E-state index in [2.05, 4.69) is 72.5 Å². The zero-order chi connectivity index (χ0) is 19.2. The number of guanidine groups is 1. The van der Waals surface area contributed by atoms with E-state index in [1.807, 2.05) is 13.1 Å². The van der Waals surface area contributed by atoms with Crippen LogP contribution in [0.1, 0.15) is 5.56 Å². The fourth-order valence-corrected chi connectivity index (χ4v) is 3.62. The van der Waals surface area contributed by atoms with Gasteiger partial charge in [-0.25, -0.2) is 9.97 Å². The lowest BCUT2D eigenvalue weighted by atomic mass is 10.1. The van der Waals surface area contributed by atoms with Crippen molar-refractivity contribution in [3.8, 4) is 0 Å². The highest BCUT2D eigenvalue weighted by molar-refractivity contribution is 5.83. The molecule has 0 unspecified atom stereocenters. The van der Waals surface area contributed by atoms with Gasteiger partial charge in [0.25, 0.3) is 0 Å². The number of aromatic nitrogens is 2. The van der Waals surface area contributed by atoms with Gasteiger partial charge in [0.05, 0.1) is 0 Å². The molecule has 1 aliphatic rings. The second-order valence-corrected chi connectivity index (χ2v) is 6.93. The van der Waals surface area contributed by atoms with Gasteiger partial charge in [0.2, 0.25) is 5.95 Å².